The van der Waals surface area contributed by atoms with Crippen LogP contribution in [0.3, 0.4) is 0 Å². The van der Waals surface area contributed by atoms with E-state index in [0.717, 1.165) is 5.56 Å². The standard InChI is InChI=1S/C21H23FN6O2/c1-12-10-29-17-9-28-18-16(7-24-28)13(2)26-21(3,4)11-30-20-14(5-15(22)6-23-20)8-27(12)19(17)25-18/h5-7,9,12,26H,2,8,10-11H2,1,3-4H3/t12-/m1/s1. The Morgan fingerprint density at radius 3 is 2.97 bits per heavy atom. The molecule has 2 aliphatic heterocycles. The van der Waals surface area contributed by atoms with E-state index in [0.29, 0.717) is 54.1 Å². The van der Waals surface area contributed by atoms with Gasteiger partial charge in [0.25, 0.3) is 0 Å². The highest BCUT2D eigenvalue weighted by Crippen LogP contribution is 2.36. The largest absolute Gasteiger partial charge is 0.486 e. The smallest absolute Gasteiger partial charge is 0.218 e. The number of aromatic nitrogens is 4. The van der Waals surface area contributed by atoms with Gasteiger partial charge in [-0.05, 0) is 26.8 Å². The molecule has 8 nitrogen and oxygen atoms in total. The van der Waals surface area contributed by atoms with Crippen LogP contribution in [0.5, 0.6) is 11.6 Å². The Balaban J connectivity index is 1.71. The van der Waals surface area contributed by atoms with E-state index < -0.39 is 11.4 Å². The van der Waals surface area contributed by atoms with Gasteiger partial charge in [-0.3, -0.25) is 0 Å². The van der Waals surface area contributed by atoms with Crippen molar-refractivity contribution in [3.05, 3.63) is 48.2 Å². The first kappa shape index (κ1) is 18.7. The number of ether oxygens (including phenoxy) is 2. The van der Waals surface area contributed by atoms with Crippen molar-refractivity contribution in [3.8, 4) is 11.6 Å². The third-order valence-electron chi connectivity index (χ3n) is 5.34. The minimum absolute atomic E-state index is 0.0258. The topological polar surface area (TPSA) is 76.8 Å². The number of fused-ring (bicyclic) bond motifs is 1. The summed E-state index contributed by atoms with van der Waals surface area (Å²) in [7, 11) is 0. The number of halogens is 1. The van der Waals surface area contributed by atoms with Gasteiger partial charge in [-0.2, -0.15) is 5.10 Å². The Morgan fingerprint density at radius 1 is 1.30 bits per heavy atom. The normalized spacial score (nSPS) is 20.3. The summed E-state index contributed by atoms with van der Waals surface area (Å²) in [6, 6.07) is 1.49. The van der Waals surface area contributed by atoms with Gasteiger partial charge in [0, 0.05) is 11.3 Å². The fourth-order valence-electron chi connectivity index (χ4n) is 3.80. The van der Waals surface area contributed by atoms with Gasteiger partial charge in [0.05, 0.1) is 42.3 Å². The van der Waals surface area contributed by atoms with Gasteiger partial charge < -0.3 is 19.7 Å². The molecule has 0 saturated carbocycles. The van der Waals surface area contributed by atoms with Crippen molar-refractivity contribution in [2.45, 2.75) is 38.9 Å². The summed E-state index contributed by atoms with van der Waals surface area (Å²) in [5.41, 5.74) is 2.35. The van der Waals surface area contributed by atoms with Crippen LogP contribution < -0.4 is 19.7 Å². The van der Waals surface area contributed by atoms with Crippen molar-refractivity contribution < 1.29 is 13.9 Å². The second-order valence-corrected chi connectivity index (χ2v) is 8.44. The van der Waals surface area contributed by atoms with Crippen LogP contribution in [0, 0.1) is 5.82 Å². The zero-order chi connectivity index (χ0) is 21.0. The van der Waals surface area contributed by atoms with E-state index in [-0.39, 0.29) is 6.04 Å². The zero-order valence-electron chi connectivity index (χ0n) is 17.1. The molecule has 2 aliphatic rings. The van der Waals surface area contributed by atoms with Crippen LogP contribution >= 0.6 is 0 Å². The molecule has 0 aromatic carbocycles. The highest BCUT2D eigenvalue weighted by atomic mass is 19.1. The minimum atomic E-state index is -0.459. The lowest BCUT2D eigenvalue weighted by molar-refractivity contribution is 0.215. The number of nitrogens with one attached hydrogen (secondary N) is 1. The maximum Gasteiger partial charge on any atom is 0.218 e. The van der Waals surface area contributed by atoms with Crippen LogP contribution in [0.15, 0.2) is 31.2 Å². The number of hydrogen-bond acceptors (Lipinski definition) is 7. The number of rotatable bonds is 0. The van der Waals surface area contributed by atoms with E-state index in [1.54, 1.807) is 10.7 Å². The molecule has 9 heteroatoms. The van der Waals surface area contributed by atoms with Gasteiger partial charge in [-0.15, -0.1) is 0 Å². The average molecular weight is 410 g/mol. The van der Waals surface area contributed by atoms with Gasteiger partial charge in [-0.25, -0.2) is 18.9 Å². The summed E-state index contributed by atoms with van der Waals surface area (Å²) in [6.07, 6.45) is 4.73. The molecule has 2 bridgehead atoms. The molecule has 0 spiro atoms. The second kappa shape index (κ2) is 6.58. The quantitative estimate of drug-likeness (QED) is 0.611. The van der Waals surface area contributed by atoms with Crippen LogP contribution in [0.25, 0.3) is 11.3 Å². The molecule has 30 heavy (non-hydrogen) atoms. The molecular formula is C21H23FN6O2. The molecule has 0 saturated heterocycles. The van der Waals surface area contributed by atoms with E-state index in [9.17, 15) is 4.39 Å². The molecule has 3 aromatic rings. The number of hydrogen-bond donors (Lipinski definition) is 1. The van der Waals surface area contributed by atoms with Gasteiger partial charge in [0.2, 0.25) is 5.88 Å². The summed E-state index contributed by atoms with van der Waals surface area (Å²) in [5, 5.41) is 7.81. The van der Waals surface area contributed by atoms with Gasteiger partial charge in [0.1, 0.15) is 19.0 Å². The zero-order valence-corrected chi connectivity index (χ0v) is 17.1. The summed E-state index contributed by atoms with van der Waals surface area (Å²) in [6.45, 7) is 11.4. The lowest BCUT2D eigenvalue weighted by Crippen LogP contribution is -2.43. The van der Waals surface area contributed by atoms with Crippen LogP contribution in [-0.4, -0.2) is 44.4 Å². The fraction of sp³-hybridized carbons (Fsp3) is 0.381. The Hall–Kier alpha value is -3.36. The van der Waals surface area contributed by atoms with Crippen LogP contribution in [-0.2, 0) is 6.54 Å². The third kappa shape index (κ3) is 3.10. The molecule has 0 aliphatic carbocycles. The maximum absolute atomic E-state index is 14.0. The molecular weight excluding hydrogens is 387 g/mol. The van der Waals surface area contributed by atoms with Crippen molar-refractivity contribution in [1.82, 2.24) is 24.9 Å². The molecule has 156 valence electrons. The Morgan fingerprint density at radius 2 is 2.13 bits per heavy atom. The molecule has 0 unspecified atom stereocenters. The SMILES string of the molecule is C=C1NC(C)(C)COc2ncc(F)cc2CN2c3nc4c1cnn4cc3OC[C@H]2C. The lowest BCUT2D eigenvalue weighted by Gasteiger charge is -2.35. The first-order chi connectivity index (χ1) is 14.3. The van der Waals surface area contributed by atoms with E-state index >= 15 is 0 Å². The molecule has 0 radical (unpaired) electrons. The number of pyridine rings is 1. The van der Waals surface area contributed by atoms with Gasteiger partial charge in [-0.1, -0.05) is 6.58 Å². The maximum atomic E-state index is 14.0. The van der Waals surface area contributed by atoms with E-state index in [2.05, 4.69) is 26.9 Å². The monoisotopic (exact) mass is 410 g/mol. The summed E-state index contributed by atoms with van der Waals surface area (Å²) < 4.78 is 27.7. The van der Waals surface area contributed by atoms with E-state index in [1.807, 2.05) is 27.0 Å². The van der Waals surface area contributed by atoms with Crippen molar-refractivity contribution in [2.75, 3.05) is 18.1 Å². The molecule has 1 N–H and O–H groups in total. The molecule has 5 heterocycles. The molecule has 5 rings (SSSR count). The number of nitrogens with zero attached hydrogens (tertiary/aromatic N) is 5. The van der Waals surface area contributed by atoms with Crippen molar-refractivity contribution in [2.24, 2.45) is 0 Å². The molecule has 0 fully saturated rings. The first-order valence-electron chi connectivity index (χ1n) is 9.83. The Kier molecular flexibility index (Phi) is 4.09. The highest BCUT2D eigenvalue weighted by Gasteiger charge is 2.30. The molecule has 3 aromatic heterocycles. The van der Waals surface area contributed by atoms with Crippen LogP contribution in [0.2, 0.25) is 0 Å². The van der Waals surface area contributed by atoms with Crippen molar-refractivity contribution >= 4 is 17.2 Å². The van der Waals surface area contributed by atoms with Crippen molar-refractivity contribution in [1.29, 1.82) is 0 Å². The third-order valence-corrected chi connectivity index (χ3v) is 5.34. The molecule has 0 amide bonds. The second-order valence-electron chi connectivity index (χ2n) is 8.44. The predicted molar refractivity (Wildman–Crippen MR) is 110 cm³/mol. The van der Waals surface area contributed by atoms with Crippen LogP contribution in [0.4, 0.5) is 10.2 Å². The van der Waals surface area contributed by atoms with Crippen molar-refractivity contribution in [3.63, 3.8) is 0 Å². The van der Waals surface area contributed by atoms with Crippen LogP contribution in [0.1, 0.15) is 31.9 Å². The molecule has 1 atom stereocenters. The predicted octanol–water partition coefficient (Wildman–Crippen LogP) is 2.78. The van der Waals surface area contributed by atoms with E-state index in [1.165, 1.54) is 12.3 Å². The lowest BCUT2D eigenvalue weighted by atomic mass is 10.1. The van der Waals surface area contributed by atoms with Gasteiger partial charge >= 0.3 is 0 Å². The number of anilines is 1. The summed E-state index contributed by atoms with van der Waals surface area (Å²) in [5.74, 6) is 1.29. The highest BCUT2D eigenvalue weighted by molar-refractivity contribution is 5.75. The Labute approximate surface area is 173 Å². The summed E-state index contributed by atoms with van der Waals surface area (Å²) >= 11 is 0. The minimum Gasteiger partial charge on any atom is -0.486 e. The Bertz CT molecular complexity index is 1160. The summed E-state index contributed by atoms with van der Waals surface area (Å²) in [4.78, 5) is 11.2. The average Bonchev–Trinajstić information content (AvgIpc) is 3.10. The van der Waals surface area contributed by atoms with Gasteiger partial charge in [0.15, 0.2) is 17.2 Å². The fourth-order valence-corrected chi connectivity index (χ4v) is 3.80. The first-order valence-corrected chi connectivity index (χ1v) is 9.83. The van der Waals surface area contributed by atoms with E-state index in [4.69, 9.17) is 14.5 Å².